The van der Waals surface area contributed by atoms with Gasteiger partial charge >= 0.3 is 12.0 Å². The quantitative estimate of drug-likeness (QED) is 0.595. The number of amides is 3. The number of rotatable bonds is 3. The van der Waals surface area contributed by atoms with Crippen molar-refractivity contribution in [3.8, 4) is 0 Å². The number of hydrogen-bond donors (Lipinski definition) is 3. The number of carboxylic acids is 1. The highest BCUT2D eigenvalue weighted by Crippen LogP contribution is 2.35. The maximum Gasteiger partial charge on any atom is 0.329 e. The fraction of sp³-hybridized carbons (Fsp3) is 0.727. The van der Waals surface area contributed by atoms with Crippen molar-refractivity contribution in [3.05, 3.63) is 0 Å². The van der Waals surface area contributed by atoms with Crippen molar-refractivity contribution < 1.29 is 24.2 Å². The van der Waals surface area contributed by atoms with Gasteiger partial charge in [0.2, 0.25) is 5.91 Å². The number of urea groups is 1. The van der Waals surface area contributed by atoms with Crippen LogP contribution in [0.5, 0.6) is 0 Å². The molecular formula is C11H17N3O5. The molecule has 1 aliphatic carbocycles. The van der Waals surface area contributed by atoms with E-state index in [0.717, 1.165) is 0 Å². The zero-order valence-corrected chi connectivity index (χ0v) is 10.6. The van der Waals surface area contributed by atoms with Gasteiger partial charge in [-0.05, 0) is 12.8 Å². The Labute approximate surface area is 110 Å². The second-order valence-electron chi connectivity index (χ2n) is 4.72. The zero-order chi connectivity index (χ0) is 14.0. The molecule has 1 saturated carbocycles. The fourth-order valence-electron chi connectivity index (χ4n) is 2.02. The fourth-order valence-corrected chi connectivity index (χ4v) is 2.02. The maximum atomic E-state index is 12.1. The maximum absolute atomic E-state index is 12.1. The average molecular weight is 271 g/mol. The van der Waals surface area contributed by atoms with Gasteiger partial charge in [0.05, 0.1) is 13.2 Å². The summed E-state index contributed by atoms with van der Waals surface area (Å²) < 4.78 is 5.18. The zero-order valence-electron chi connectivity index (χ0n) is 10.6. The standard InChI is InChI=1S/C11H17N3O5/c1-12-8(15)7-6-19-5-4-14(7)10(18)13-11(2-3-11)9(16)17/h7H,2-6H2,1H3,(H,12,15)(H,13,18)(H,16,17). The first kappa shape index (κ1) is 13.6. The molecule has 0 aromatic rings. The Hall–Kier alpha value is -1.83. The molecule has 8 nitrogen and oxygen atoms in total. The number of aliphatic carboxylic acids is 1. The van der Waals surface area contributed by atoms with E-state index in [4.69, 9.17) is 9.84 Å². The van der Waals surface area contributed by atoms with Gasteiger partial charge in [0.15, 0.2) is 0 Å². The lowest BCUT2D eigenvalue weighted by atomic mass is 10.2. The summed E-state index contributed by atoms with van der Waals surface area (Å²) in [5.41, 5.74) is -1.15. The van der Waals surface area contributed by atoms with Gasteiger partial charge in [-0.1, -0.05) is 0 Å². The molecule has 106 valence electrons. The van der Waals surface area contributed by atoms with Crippen molar-refractivity contribution in [3.63, 3.8) is 0 Å². The van der Waals surface area contributed by atoms with Crippen LogP contribution in [0.25, 0.3) is 0 Å². The third kappa shape index (κ3) is 2.62. The molecule has 1 aliphatic heterocycles. The molecule has 0 spiro atoms. The van der Waals surface area contributed by atoms with Crippen LogP contribution in [0.2, 0.25) is 0 Å². The third-order valence-corrected chi connectivity index (χ3v) is 3.44. The smallest absolute Gasteiger partial charge is 0.329 e. The van der Waals surface area contributed by atoms with Crippen LogP contribution in [0.15, 0.2) is 0 Å². The second-order valence-corrected chi connectivity index (χ2v) is 4.72. The van der Waals surface area contributed by atoms with Crippen molar-refractivity contribution in [2.24, 2.45) is 0 Å². The van der Waals surface area contributed by atoms with Crippen LogP contribution in [0.4, 0.5) is 4.79 Å². The van der Waals surface area contributed by atoms with Gasteiger partial charge in [-0.15, -0.1) is 0 Å². The summed E-state index contributed by atoms with van der Waals surface area (Å²) in [4.78, 5) is 36.1. The number of hydrogen-bond acceptors (Lipinski definition) is 4. The normalized spacial score (nSPS) is 24.5. The highest BCUT2D eigenvalue weighted by molar-refractivity contribution is 5.91. The monoisotopic (exact) mass is 271 g/mol. The number of carbonyl (C=O) groups is 3. The number of nitrogens with zero attached hydrogens (tertiary/aromatic N) is 1. The van der Waals surface area contributed by atoms with E-state index in [1.807, 2.05) is 0 Å². The lowest BCUT2D eigenvalue weighted by Gasteiger charge is -2.34. The average Bonchev–Trinajstić information content (AvgIpc) is 3.18. The summed E-state index contributed by atoms with van der Waals surface area (Å²) in [6, 6.07) is -1.25. The molecule has 1 unspecified atom stereocenters. The van der Waals surface area contributed by atoms with Crippen LogP contribution >= 0.6 is 0 Å². The van der Waals surface area contributed by atoms with Gasteiger partial charge in [-0.2, -0.15) is 0 Å². The first-order valence-corrected chi connectivity index (χ1v) is 6.12. The minimum Gasteiger partial charge on any atom is -0.480 e. The van der Waals surface area contributed by atoms with E-state index in [9.17, 15) is 14.4 Å². The van der Waals surface area contributed by atoms with E-state index in [2.05, 4.69) is 10.6 Å². The summed E-state index contributed by atoms with van der Waals surface area (Å²) in [6.45, 7) is 0.716. The predicted molar refractivity (Wildman–Crippen MR) is 63.5 cm³/mol. The first-order valence-electron chi connectivity index (χ1n) is 6.12. The molecule has 0 radical (unpaired) electrons. The Bertz CT molecular complexity index is 407. The molecule has 3 amide bonds. The van der Waals surface area contributed by atoms with Gasteiger partial charge in [0, 0.05) is 13.6 Å². The third-order valence-electron chi connectivity index (χ3n) is 3.44. The lowest BCUT2D eigenvalue weighted by molar-refractivity contribution is -0.140. The van der Waals surface area contributed by atoms with Gasteiger partial charge < -0.3 is 25.4 Å². The first-order chi connectivity index (χ1) is 9.00. The second kappa shape index (κ2) is 5.04. The van der Waals surface area contributed by atoms with Crippen molar-refractivity contribution in [1.82, 2.24) is 15.5 Å². The van der Waals surface area contributed by atoms with E-state index >= 15 is 0 Å². The Morgan fingerprint density at radius 1 is 1.37 bits per heavy atom. The Morgan fingerprint density at radius 3 is 2.58 bits per heavy atom. The van der Waals surface area contributed by atoms with E-state index in [1.165, 1.54) is 11.9 Å². The van der Waals surface area contributed by atoms with Gasteiger partial charge in [0.1, 0.15) is 11.6 Å². The van der Waals surface area contributed by atoms with Crippen molar-refractivity contribution in [2.75, 3.05) is 26.8 Å². The Balaban J connectivity index is 2.04. The molecule has 1 atom stereocenters. The number of morpholine rings is 1. The van der Waals surface area contributed by atoms with Gasteiger partial charge in [-0.3, -0.25) is 4.79 Å². The summed E-state index contributed by atoms with van der Waals surface area (Å²) >= 11 is 0. The predicted octanol–water partition coefficient (Wildman–Crippen LogP) is -1.24. The molecular weight excluding hydrogens is 254 g/mol. The molecule has 0 bridgehead atoms. The molecule has 3 N–H and O–H groups in total. The lowest BCUT2D eigenvalue weighted by Crippen LogP contribution is -2.60. The van der Waals surface area contributed by atoms with Crippen molar-refractivity contribution >= 4 is 17.9 Å². The Morgan fingerprint density at radius 2 is 2.05 bits per heavy atom. The molecule has 0 aromatic heterocycles. The number of likely N-dealkylation sites (N-methyl/N-ethyl adjacent to an activating group) is 1. The number of carboxylic acid groups (broad SMARTS) is 1. The van der Waals surface area contributed by atoms with E-state index in [1.54, 1.807) is 0 Å². The number of carbonyl (C=O) groups excluding carboxylic acids is 2. The SMILES string of the molecule is CNC(=O)C1COCCN1C(=O)NC1(C(=O)O)CC1. The summed E-state index contributed by atoms with van der Waals surface area (Å²) in [6.07, 6.45) is 0.839. The van der Waals surface area contributed by atoms with Crippen LogP contribution in [0.3, 0.4) is 0 Å². The largest absolute Gasteiger partial charge is 0.480 e. The molecule has 2 fully saturated rings. The summed E-state index contributed by atoms with van der Waals surface area (Å²) in [5.74, 6) is -1.36. The van der Waals surface area contributed by atoms with Crippen molar-refractivity contribution in [2.45, 2.75) is 24.4 Å². The number of nitrogens with one attached hydrogen (secondary N) is 2. The highest BCUT2D eigenvalue weighted by atomic mass is 16.5. The highest BCUT2D eigenvalue weighted by Gasteiger charge is 2.52. The summed E-state index contributed by atoms with van der Waals surface area (Å²) in [5, 5.41) is 14.0. The van der Waals surface area contributed by atoms with Gasteiger partial charge in [-0.25, -0.2) is 9.59 Å². The molecule has 1 saturated heterocycles. The number of ether oxygens (including phenoxy) is 1. The topological polar surface area (TPSA) is 108 Å². The van der Waals surface area contributed by atoms with Crippen LogP contribution in [-0.2, 0) is 14.3 Å². The minimum atomic E-state index is -1.15. The molecule has 2 rings (SSSR count). The molecule has 8 heteroatoms. The molecule has 0 aromatic carbocycles. The molecule has 19 heavy (non-hydrogen) atoms. The Kier molecular flexibility index (Phi) is 3.61. The molecule has 1 heterocycles. The van der Waals surface area contributed by atoms with Crippen LogP contribution in [0.1, 0.15) is 12.8 Å². The van der Waals surface area contributed by atoms with Gasteiger partial charge in [0.25, 0.3) is 0 Å². The van der Waals surface area contributed by atoms with E-state index in [0.29, 0.717) is 19.4 Å². The van der Waals surface area contributed by atoms with E-state index < -0.39 is 23.6 Å². The van der Waals surface area contributed by atoms with Crippen molar-refractivity contribution in [1.29, 1.82) is 0 Å². The van der Waals surface area contributed by atoms with Crippen LogP contribution < -0.4 is 10.6 Å². The molecule has 2 aliphatic rings. The van der Waals surface area contributed by atoms with E-state index in [-0.39, 0.29) is 19.1 Å². The summed E-state index contributed by atoms with van der Waals surface area (Å²) in [7, 11) is 1.48. The van der Waals surface area contributed by atoms with Crippen LogP contribution in [-0.4, -0.2) is 66.3 Å². The van der Waals surface area contributed by atoms with Crippen LogP contribution in [0, 0.1) is 0 Å². The minimum absolute atomic E-state index is 0.118.